The van der Waals surface area contributed by atoms with Crippen molar-refractivity contribution in [3.8, 4) is 35.7 Å². The number of hydrogen-bond donors (Lipinski definition) is 0. The van der Waals surface area contributed by atoms with Crippen molar-refractivity contribution in [1.29, 1.82) is 0 Å². The highest BCUT2D eigenvalue weighted by atomic mass is 32.1. The van der Waals surface area contributed by atoms with Crippen molar-refractivity contribution in [2.24, 2.45) is 0 Å². The molecule has 1 atom stereocenters. The summed E-state index contributed by atoms with van der Waals surface area (Å²) in [5.41, 5.74) is 3.92. The summed E-state index contributed by atoms with van der Waals surface area (Å²) in [6, 6.07) is 37.4. The third-order valence-corrected chi connectivity index (χ3v) is 12.1. The van der Waals surface area contributed by atoms with Gasteiger partial charge in [0, 0.05) is 41.1 Å². The van der Waals surface area contributed by atoms with Gasteiger partial charge in [-0.15, -0.1) is 45.3 Å². The molecule has 1 nitrogen and oxygen atoms in total. The zero-order valence-corrected chi connectivity index (χ0v) is 25.4. The van der Waals surface area contributed by atoms with E-state index in [9.17, 15) is 0 Å². The van der Waals surface area contributed by atoms with Gasteiger partial charge in [0.1, 0.15) is 5.75 Å². The molecule has 0 N–H and O–H groups in total. The molecule has 8 rings (SSSR count). The van der Waals surface area contributed by atoms with E-state index in [1.165, 1.54) is 45.6 Å². The summed E-state index contributed by atoms with van der Waals surface area (Å²) in [7, 11) is 0. The summed E-state index contributed by atoms with van der Waals surface area (Å²) in [5, 5.41) is 6.71. The van der Waals surface area contributed by atoms with Crippen LogP contribution in [0.4, 0.5) is 0 Å². The summed E-state index contributed by atoms with van der Waals surface area (Å²) in [6.07, 6.45) is 4.56. The van der Waals surface area contributed by atoms with Crippen LogP contribution in [0.15, 0.2) is 120 Å². The maximum Gasteiger partial charge on any atom is 0.187 e. The van der Waals surface area contributed by atoms with Gasteiger partial charge in [0.2, 0.25) is 0 Å². The van der Waals surface area contributed by atoms with Crippen molar-refractivity contribution < 1.29 is 4.74 Å². The summed E-state index contributed by atoms with van der Waals surface area (Å²) < 4.78 is 7.39. The number of aryl methyl sites for hydroxylation is 1. The second-order valence-electron chi connectivity index (χ2n) is 10.2. The minimum absolute atomic E-state index is 0.730. The van der Waals surface area contributed by atoms with Gasteiger partial charge >= 0.3 is 0 Å². The second-order valence-corrected chi connectivity index (χ2v) is 14.3. The first kappa shape index (κ1) is 25.0. The molecule has 198 valence electrons. The number of benzene rings is 3. The maximum atomic E-state index is 7.39. The van der Waals surface area contributed by atoms with Crippen LogP contribution in [0.2, 0.25) is 0 Å². The van der Waals surface area contributed by atoms with E-state index >= 15 is 0 Å². The fraction of sp³-hybridized carbons (Fsp3) is 0.0556. The van der Waals surface area contributed by atoms with E-state index in [0.29, 0.717) is 0 Å². The van der Waals surface area contributed by atoms with Crippen LogP contribution in [0.3, 0.4) is 0 Å². The van der Waals surface area contributed by atoms with Crippen LogP contribution in [-0.4, -0.2) is 0 Å². The van der Waals surface area contributed by atoms with Gasteiger partial charge in [-0.05, 0) is 83.1 Å². The maximum absolute atomic E-state index is 7.39. The molecule has 0 aliphatic carbocycles. The average molecular weight is 601 g/mol. The lowest BCUT2D eigenvalue weighted by Crippen LogP contribution is -2.33. The van der Waals surface area contributed by atoms with Crippen LogP contribution in [0.5, 0.6) is 5.75 Å². The minimum atomic E-state index is -0.730. The number of fused-ring (bicyclic) bond motifs is 3. The molecule has 7 aromatic rings. The number of rotatable bonds is 5. The number of thiophene rings is 4. The molecule has 1 aliphatic heterocycles. The van der Waals surface area contributed by atoms with Gasteiger partial charge in [0.25, 0.3) is 0 Å². The molecule has 0 spiro atoms. The molecular weight excluding hydrogens is 577 g/mol. The third kappa shape index (κ3) is 4.23. The Balaban J connectivity index is 1.35. The van der Waals surface area contributed by atoms with Gasteiger partial charge in [0.15, 0.2) is 5.60 Å². The predicted octanol–water partition coefficient (Wildman–Crippen LogP) is 11.7. The zero-order chi connectivity index (χ0) is 27.4. The summed E-state index contributed by atoms with van der Waals surface area (Å²) in [5.74, 6) is 0.942. The molecule has 5 heterocycles. The first-order chi connectivity index (χ1) is 20.2. The topological polar surface area (TPSA) is 9.23 Å². The van der Waals surface area contributed by atoms with Crippen LogP contribution in [-0.2, 0) is 5.60 Å². The van der Waals surface area contributed by atoms with Crippen molar-refractivity contribution in [3.05, 3.63) is 142 Å². The molecule has 0 saturated heterocycles. The monoisotopic (exact) mass is 600 g/mol. The van der Waals surface area contributed by atoms with Crippen molar-refractivity contribution in [2.45, 2.75) is 12.5 Å². The van der Waals surface area contributed by atoms with Crippen molar-refractivity contribution in [3.63, 3.8) is 0 Å². The standard InChI is InChI=1S/C36H24OS4/c1-23-10-12-25(13-11-23)36(34-17-16-33(41-34)31-9-5-21-39-31)19-18-27-26-7-3-2-6-24(26)22-28(35(27)37-36)29-14-15-32(40-29)30-8-4-20-38-30/h2-22H,1H3. The predicted molar refractivity (Wildman–Crippen MR) is 180 cm³/mol. The Morgan fingerprint density at radius 3 is 2.10 bits per heavy atom. The van der Waals surface area contributed by atoms with Gasteiger partial charge in [-0.3, -0.25) is 0 Å². The fourth-order valence-electron chi connectivity index (χ4n) is 5.56. The SMILES string of the molecule is Cc1ccc(C2(c3ccc(-c4cccs4)s3)C=Cc3c(c(-c4ccc(-c5cccs5)s4)cc4ccccc34)O2)cc1. The van der Waals surface area contributed by atoms with Crippen molar-refractivity contribution in [2.75, 3.05) is 0 Å². The molecule has 0 amide bonds. The van der Waals surface area contributed by atoms with Gasteiger partial charge < -0.3 is 4.74 Å². The van der Waals surface area contributed by atoms with Crippen LogP contribution < -0.4 is 4.74 Å². The molecule has 5 heteroatoms. The quantitative estimate of drug-likeness (QED) is 0.191. The van der Waals surface area contributed by atoms with E-state index in [1.807, 2.05) is 22.7 Å². The van der Waals surface area contributed by atoms with E-state index < -0.39 is 5.60 Å². The fourth-order valence-corrected chi connectivity index (χ4v) is 9.39. The van der Waals surface area contributed by atoms with Crippen LogP contribution in [0.25, 0.3) is 46.8 Å². The lowest BCUT2D eigenvalue weighted by molar-refractivity contribution is 0.166. The van der Waals surface area contributed by atoms with Crippen LogP contribution in [0, 0.1) is 6.92 Å². The highest BCUT2D eigenvalue weighted by Crippen LogP contribution is 2.52. The Labute approximate surface area is 255 Å². The van der Waals surface area contributed by atoms with E-state index in [0.717, 1.165) is 22.4 Å². The van der Waals surface area contributed by atoms with Gasteiger partial charge in [0.05, 0.1) is 4.88 Å². The minimum Gasteiger partial charge on any atom is -0.471 e. The second kappa shape index (κ2) is 9.97. The smallest absolute Gasteiger partial charge is 0.187 e. The summed E-state index contributed by atoms with van der Waals surface area (Å²) in [4.78, 5) is 7.52. The van der Waals surface area contributed by atoms with Gasteiger partial charge in [-0.1, -0.05) is 66.2 Å². The first-order valence-electron chi connectivity index (χ1n) is 13.5. The Morgan fingerprint density at radius 1 is 0.634 bits per heavy atom. The van der Waals surface area contributed by atoms with E-state index in [-0.39, 0.29) is 0 Å². The van der Waals surface area contributed by atoms with Gasteiger partial charge in [-0.25, -0.2) is 0 Å². The highest BCUT2D eigenvalue weighted by Gasteiger charge is 2.40. The molecular formula is C36H24OS4. The summed E-state index contributed by atoms with van der Waals surface area (Å²) >= 11 is 7.21. The van der Waals surface area contributed by atoms with Crippen molar-refractivity contribution >= 4 is 62.2 Å². The molecule has 3 aromatic carbocycles. The lowest BCUT2D eigenvalue weighted by Gasteiger charge is -2.36. The highest BCUT2D eigenvalue weighted by molar-refractivity contribution is 7.23. The Morgan fingerprint density at radius 2 is 1.34 bits per heavy atom. The largest absolute Gasteiger partial charge is 0.471 e. The molecule has 41 heavy (non-hydrogen) atoms. The van der Waals surface area contributed by atoms with Crippen LogP contribution in [0.1, 0.15) is 21.6 Å². The molecule has 0 bridgehead atoms. The third-order valence-electron chi connectivity index (χ3n) is 7.64. The molecule has 1 aliphatic rings. The van der Waals surface area contributed by atoms with E-state index in [2.05, 4.69) is 133 Å². The Kier molecular flexibility index (Phi) is 6.08. The molecule has 0 fully saturated rings. The lowest BCUT2D eigenvalue weighted by atomic mass is 9.86. The van der Waals surface area contributed by atoms with Gasteiger partial charge in [-0.2, -0.15) is 0 Å². The summed E-state index contributed by atoms with van der Waals surface area (Å²) in [6.45, 7) is 2.13. The molecule has 0 radical (unpaired) electrons. The first-order valence-corrected chi connectivity index (χ1v) is 16.9. The normalized spacial score (nSPS) is 16.1. The van der Waals surface area contributed by atoms with E-state index in [1.54, 1.807) is 22.7 Å². The molecule has 0 saturated carbocycles. The van der Waals surface area contributed by atoms with Crippen molar-refractivity contribution in [1.82, 2.24) is 0 Å². The molecule has 4 aromatic heterocycles. The Hall–Kier alpha value is -3.74. The number of ether oxygens (including phenoxy) is 1. The number of hydrogen-bond acceptors (Lipinski definition) is 5. The van der Waals surface area contributed by atoms with E-state index in [4.69, 9.17) is 4.74 Å². The average Bonchev–Trinajstić information content (AvgIpc) is 3.83. The zero-order valence-electron chi connectivity index (χ0n) is 22.2. The Bertz CT molecular complexity index is 2020. The molecule has 1 unspecified atom stereocenters. The van der Waals surface area contributed by atoms with Crippen LogP contribution >= 0.6 is 45.3 Å².